The number of halogens is 3. The van der Waals surface area contributed by atoms with E-state index >= 15 is 0 Å². The fourth-order valence-corrected chi connectivity index (χ4v) is 3.52. The first-order valence-electron chi connectivity index (χ1n) is 5.46. The molecule has 1 aromatic carbocycles. The van der Waals surface area contributed by atoms with Gasteiger partial charge in [-0.05, 0) is 18.2 Å². The average Bonchev–Trinajstić information content (AvgIpc) is 2.86. The highest BCUT2D eigenvalue weighted by Crippen LogP contribution is 2.38. The molecule has 3 aromatic rings. The molecule has 3 rings (SSSR count). The molecule has 0 saturated heterocycles. The van der Waals surface area contributed by atoms with Crippen LogP contribution >= 0.6 is 46.1 Å². The first kappa shape index (κ1) is 13.8. The minimum absolute atomic E-state index is 0.336. The predicted molar refractivity (Wildman–Crippen MR) is 83.3 cm³/mol. The third-order valence-electron chi connectivity index (χ3n) is 2.70. The van der Waals surface area contributed by atoms with Crippen molar-refractivity contribution in [3.05, 3.63) is 45.2 Å². The number of fused-ring (bicyclic) bond motifs is 1. The number of nitrogens with zero attached hydrogens (tertiary/aromatic N) is 2. The lowest BCUT2D eigenvalue weighted by molar-refractivity contribution is 0.112. The molecule has 0 atom stereocenters. The first-order chi connectivity index (χ1) is 9.60. The smallest absolute Gasteiger partial charge is 0.151 e. The quantitative estimate of drug-likeness (QED) is 0.478. The van der Waals surface area contributed by atoms with Gasteiger partial charge in [0.05, 0.1) is 20.3 Å². The Hall–Kier alpha value is -1.20. The van der Waals surface area contributed by atoms with Crippen LogP contribution < -0.4 is 0 Å². The molecule has 20 heavy (non-hydrogen) atoms. The van der Waals surface area contributed by atoms with Crippen LogP contribution in [-0.4, -0.2) is 16.3 Å². The number of carbonyl (C=O) groups is 1. The Morgan fingerprint density at radius 3 is 2.65 bits per heavy atom. The Balaban J connectivity index is 2.23. The Labute approximate surface area is 133 Å². The molecule has 7 heteroatoms. The van der Waals surface area contributed by atoms with Crippen LogP contribution in [-0.2, 0) is 0 Å². The molecule has 0 aliphatic rings. The number of aromatic nitrogens is 2. The lowest BCUT2D eigenvalue weighted by Gasteiger charge is -2.03. The molecule has 0 bridgehead atoms. The fraction of sp³-hybridized carbons (Fsp3) is 0. The maximum absolute atomic E-state index is 10.8. The lowest BCUT2D eigenvalue weighted by atomic mass is 10.1. The molecule has 0 amide bonds. The second kappa shape index (κ2) is 5.30. The van der Waals surface area contributed by atoms with Gasteiger partial charge < -0.3 is 0 Å². The minimum Gasteiger partial charge on any atom is -0.298 e. The number of hydrogen-bond acceptors (Lipinski definition) is 4. The summed E-state index contributed by atoms with van der Waals surface area (Å²) in [4.78, 5) is 19.3. The van der Waals surface area contributed by atoms with E-state index in [4.69, 9.17) is 34.8 Å². The summed E-state index contributed by atoms with van der Waals surface area (Å²) in [6, 6.07) is 4.93. The van der Waals surface area contributed by atoms with Crippen LogP contribution in [0, 0.1) is 0 Å². The molecule has 0 aliphatic heterocycles. The van der Waals surface area contributed by atoms with Gasteiger partial charge in [-0.1, -0.05) is 34.8 Å². The van der Waals surface area contributed by atoms with Crippen LogP contribution in [0.3, 0.4) is 0 Å². The molecule has 2 aromatic heterocycles. The molecular weight excluding hydrogens is 339 g/mol. The van der Waals surface area contributed by atoms with Gasteiger partial charge in [0.2, 0.25) is 0 Å². The Kier molecular flexibility index (Phi) is 3.65. The minimum atomic E-state index is 0.336. The summed E-state index contributed by atoms with van der Waals surface area (Å²) >= 11 is 19.6. The maximum Gasteiger partial charge on any atom is 0.151 e. The van der Waals surface area contributed by atoms with Crippen LogP contribution in [0.2, 0.25) is 15.2 Å². The Bertz CT molecular complexity index is 832. The highest BCUT2D eigenvalue weighted by Gasteiger charge is 2.14. The third kappa shape index (κ3) is 2.29. The number of thiazole rings is 1. The topological polar surface area (TPSA) is 42.9 Å². The predicted octanol–water partition coefficient (Wildman–Crippen LogP) is 5.13. The molecule has 0 aliphatic carbocycles. The van der Waals surface area contributed by atoms with E-state index in [2.05, 4.69) is 9.97 Å². The molecule has 0 unspecified atom stereocenters. The standard InChI is InChI=1S/C13H5Cl3N2OS/c14-8-4-7(9(15)3-6(8)5-19)13-18-10-1-2-17-12(16)11(10)20-13/h1-5H. The summed E-state index contributed by atoms with van der Waals surface area (Å²) in [5.74, 6) is 0. The SMILES string of the molecule is O=Cc1cc(Cl)c(-c2nc3ccnc(Cl)c3s2)cc1Cl. The Morgan fingerprint density at radius 1 is 1.15 bits per heavy atom. The lowest BCUT2D eigenvalue weighted by Crippen LogP contribution is -1.86. The van der Waals surface area contributed by atoms with E-state index < -0.39 is 0 Å². The van der Waals surface area contributed by atoms with Crippen molar-refractivity contribution in [3.8, 4) is 10.6 Å². The summed E-state index contributed by atoms with van der Waals surface area (Å²) in [7, 11) is 0. The van der Waals surface area contributed by atoms with Crippen molar-refractivity contribution in [2.24, 2.45) is 0 Å². The molecule has 0 saturated carbocycles. The molecule has 0 spiro atoms. The zero-order valence-corrected chi connectivity index (χ0v) is 12.8. The number of carbonyl (C=O) groups excluding carboxylic acids is 1. The van der Waals surface area contributed by atoms with Crippen molar-refractivity contribution in [2.75, 3.05) is 0 Å². The summed E-state index contributed by atoms with van der Waals surface area (Å²) in [5, 5.41) is 1.83. The van der Waals surface area contributed by atoms with E-state index in [1.54, 1.807) is 18.3 Å². The molecule has 0 radical (unpaired) electrons. The van der Waals surface area contributed by atoms with E-state index in [0.29, 0.717) is 37.6 Å². The number of aldehydes is 1. The molecule has 0 fully saturated rings. The number of rotatable bonds is 2. The van der Waals surface area contributed by atoms with E-state index in [1.165, 1.54) is 17.4 Å². The molecule has 100 valence electrons. The zero-order valence-electron chi connectivity index (χ0n) is 9.73. The number of hydrogen-bond donors (Lipinski definition) is 0. The van der Waals surface area contributed by atoms with Gasteiger partial charge in [-0.3, -0.25) is 4.79 Å². The third-order valence-corrected chi connectivity index (χ3v) is 4.85. The average molecular weight is 344 g/mol. The van der Waals surface area contributed by atoms with Gasteiger partial charge in [-0.2, -0.15) is 0 Å². The monoisotopic (exact) mass is 342 g/mol. The fourth-order valence-electron chi connectivity index (χ4n) is 1.76. The second-order valence-corrected chi connectivity index (χ2v) is 6.11. The molecule has 3 nitrogen and oxygen atoms in total. The molecule has 0 N–H and O–H groups in total. The summed E-state index contributed by atoms with van der Waals surface area (Å²) < 4.78 is 0.788. The number of benzene rings is 1. The van der Waals surface area contributed by atoms with Crippen LogP contribution in [0.5, 0.6) is 0 Å². The summed E-state index contributed by atoms with van der Waals surface area (Å²) in [6.45, 7) is 0. The van der Waals surface area contributed by atoms with Crippen molar-refractivity contribution in [1.82, 2.24) is 9.97 Å². The summed E-state index contributed by atoms with van der Waals surface area (Å²) in [6.07, 6.45) is 2.26. The first-order valence-corrected chi connectivity index (χ1v) is 7.41. The van der Waals surface area contributed by atoms with Gasteiger partial charge in [0.15, 0.2) is 6.29 Å². The highest BCUT2D eigenvalue weighted by atomic mass is 35.5. The van der Waals surface area contributed by atoms with Gasteiger partial charge >= 0.3 is 0 Å². The van der Waals surface area contributed by atoms with Gasteiger partial charge in [0.1, 0.15) is 10.2 Å². The van der Waals surface area contributed by atoms with Gasteiger partial charge in [-0.15, -0.1) is 11.3 Å². The van der Waals surface area contributed by atoms with Crippen molar-refractivity contribution >= 4 is 62.6 Å². The zero-order chi connectivity index (χ0) is 14.3. The molecule has 2 heterocycles. The van der Waals surface area contributed by atoms with Crippen molar-refractivity contribution in [3.63, 3.8) is 0 Å². The van der Waals surface area contributed by atoms with E-state index in [9.17, 15) is 4.79 Å². The van der Waals surface area contributed by atoms with E-state index in [-0.39, 0.29) is 0 Å². The molecular formula is C13H5Cl3N2OS. The second-order valence-electron chi connectivity index (χ2n) is 3.94. The maximum atomic E-state index is 10.8. The summed E-state index contributed by atoms with van der Waals surface area (Å²) in [5.41, 5.74) is 1.76. The largest absolute Gasteiger partial charge is 0.298 e. The number of pyridine rings is 1. The van der Waals surface area contributed by atoms with Crippen LogP contribution in [0.1, 0.15) is 10.4 Å². The van der Waals surface area contributed by atoms with Crippen LogP contribution in [0.4, 0.5) is 0 Å². The highest BCUT2D eigenvalue weighted by molar-refractivity contribution is 7.22. The normalized spacial score (nSPS) is 10.9. The van der Waals surface area contributed by atoms with E-state index in [0.717, 1.165) is 10.2 Å². The van der Waals surface area contributed by atoms with Gasteiger partial charge in [-0.25, -0.2) is 9.97 Å². The van der Waals surface area contributed by atoms with E-state index in [1.807, 2.05) is 0 Å². The van der Waals surface area contributed by atoms with Crippen LogP contribution in [0.15, 0.2) is 24.4 Å². The van der Waals surface area contributed by atoms with Gasteiger partial charge in [0.25, 0.3) is 0 Å². The van der Waals surface area contributed by atoms with Crippen LogP contribution in [0.25, 0.3) is 20.8 Å². The van der Waals surface area contributed by atoms with Gasteiger partial charge in [0, 0.05) is 17.3 Å². The Morgan fingerprint density at radius 2 is 1.95 bits per heavy atom. The van der Waals surface area contributed by atoms with Crippen molar-refractivity contribution in [1.29, 1.82) is 0 Å². The van der Waals surface area contributed by atoms with Crippen molar-refractivity contribution < 1.29 is 4.79 Å². The van der Waals surface area contributed by atoms with Crippen molar-refractivity contribution in [2.45, 2.75) is 0 Å².